The molecule has 0 heterocycles. The number of halogens is 3. The molecular weight excluding hydrogens is 242 g/mol. The second-order valence-corrected chi connectivity index (χ2v) is 5.36. The zero-order valence-corrected chi connectivity index (χ0v) is 10.0. The lowest BCUT2D eigenvalue weighted by Crippen LogP contribution is -2.20. The molecule has 0 radical (unpaired) electrons. The van der Waals surface area contributed by atoms with Crippen molar-refractivity contribution in [1.29, 1.82) is 0 Å². The van der Waals surface area contributed by atoms with Crippen LogP contribution in [0.2, 0.25) is 0 Å². The highest BCUT2D eigenvalue weighted by Gasteiger charge is 2.32. The average molecular weight is 252 g/mol. The van der Waals surface area contributed by atoms with Gasteiger partial charge >= 0.3 is 0 Å². The summed E-state index contributed by atoms with van der Waals surface area (Å²) >= 11 is 16.6. The smallest absolute Gasteiger partial charge is 0.253 e. The predicted octanol–water partition coefficient (Wildman–Crippen LogP) is 3.86. The lowest BCUT2D eigenvalue weighted by molar-refractivity contribution is 0.0995. The van der Waals surface area contributed by atoms with E-state index in [1.807, 2.05) is 19.9 Å². The Labute approximate surface area is 98.0 Å². The van der Waals surface area contributed by atoms with Crippen LogP contribution in [0.1, 0.15) is 21.5 Å². The fourth-order valence-electron chi connectivity index (χ4n) is 1.15. The molecule has 0 saturated heterocycles. The highest BCUT2D eigenvalue weighted by atomic mass is 35.6. The number of benzene rings is 1. The van der Waals surface area contributed by atoms with Crippen LogP contribution < -0.4 is 0 Å². The van der Waals surface area contributed by atoms with Crippen molar-refractivity contribution in [3.63, 3.8) is 0 Å². The van der Waals surface area contributed by atoms with Crippen LogP contribution in [0.15, 0.2) is 18.2 Å². The molecule has 0 aliphatic rings. The molecule has 0 aliphatic heterocycles. The van der Waals surface area contributed by atoms with Gasteiger partial charge in [-0.3, -0.25) is 4.79 Å². The first-order chi connectivity index (χ1) is 6.34. The summed E-state index contributed by atoms with van der Waals surface area (Å²) in [6, 6.07) is 5.34. The van der Waals surface area contributed by atoms with E-state index < -0.39 is 9.58 Å². The van der Waals surface area contributed by atoms with Gasteiger partial charge in [0, 0.05) is 5.56 Å². The van der Waals surface area contributed by atoms with Crippen molar-refractivity contribution in [3.8, 4) is 0 Å². The highest BCUT2D eigenvalue weighted by molar-refractivity contribution is 6.77. The molecule has 1 rings (SSSR count). The number of hydrogen-bond acceptors (Lipinski definition) is 1. The maximum Gasteiger partial charge on any atom is 0.253 e. The molecule has 0 spiro atoms. The highest BCUT2D eigenvalue weighted by Crippen LogP contribution is 2.31. The van der Waals surface area contributed by atoms with E-state index in [0.717, 1.165) is 11.1 Å². The van der Waals surface area contributed by atoms with Crippen LogP contribution in [0.3, 0.4) is 0 Å². The topological polar surface area (TPSA) is 17.1 Å². The third kappa shape index (κ3) is 2.41. The third-order valence-electron chi connectivity index (χ3n) is 2.11. The molecular formula is C10H9Cl3O. The number of carbonyl (C=O) groups is 1. The molecule has 1 aromatic rings. The summed E-state index contributed by atoms with van der Waals surface area (Å²) in [5, 5.41) is 0. The number of alkyl halides is 3. The Balaban J connectivity index is 3.21. The minimum atomic E-state index is -1.88. The fraction of sp³-hybridized carbons (Fsp3) is 0.300. The molecule has 0 saturated carbocycles. The van der Waals surface area contributed by atoms with E-state index in [-0.39, 0.29) is 0 Å². The summed E-state index contributed by atoms with van der Waals surface area (Å²) in [4.78, 5) is 11.6. The molecule has 0 aromatic heterocycles. The van der Waals surface area contributed by atoms with Crippen molar-refractivity contribution in [2.75, 3.05) is 0 Å². The summed E-state index contributed by atoms with van der Waals surface area (Å²) in [5.41, 5.74) is 2.32. The second kappa shape index (κ2) is 4.09. The summed E-state index contributed by atoms with van der Waals surface area (Å²) in [5.74, 6) is -0.483. The summed E-state index contributed by atoms with van der Waals surface area (Å²) in [6.07, 6.45) is 0. The molecule has 0 unspecified atom stereocenters. The molecule has 0 amide bonds. The Kier molecular flexibility index (Phi) is 3.46. The van der Waals surface area contributed by atoms with Gasteiger partial charge in [0.25, 0.3) is 3.79 Å². The molecule has 76 valence electrons. The van der Waals surface area contributed by atoms with E-state index in [2.05, 4.69) is 0 Å². The van der Waals surface area contributed by atoms with Gasteiger partial charge in [-0.25, -0.2) is 0 Å². The van der Waals surface area contributed by atoms with Gasteiger partial charge in [0.15, 0.2) is 0 Å². The van der Waals surface area contributed by atoms with Gasteiger partial charge in [-0.1, -0.05) is 53.0 Å². The maximum atomic E-state index is 11.6. The first-order valence-corrected chi connectivity index (χ1v) is 5.15. The van der Waals surface area contributed by atoms with Crippen molar-refractivity contribution in [1.82, 2.24) is 0 Å². The Hall–Kier alpha value is -0.240. The minimum absolute atomic E-state index is 0.463. The van der Waals surface area contributed by atoms with Gasteiger partial charge in [0.05, 0.1) is 0 Å². The number of ketones is 1. The molecule has 4 heteroatoms. The minimum Gasteiger partial charge on any atom is -0.289 e. The van der Waals surface area contributed by atoms with Crippen LogP contribution in [0.25, 0.3) is 0 Å². The summed E-state index contributed by atoms with van der Waals surface area (Å²) < 4.78 is -1.88. The lowest BCUT2D eigenvalue weighted by atomic mass is 10.0. The Morgan fingerprint density at radius 3 is 2.29 bits per heavy atom. The molecule has 0 atom stereocenters. The molecule has 1 nitrogen and oxygen atoms in total. The molecule has 0 N–H and O–H groups in total. The van der Waals surface area contributed by atoms with Gasteiger partial charge in [0.1, 0.15) is 0 Å². The first kappa shape index (κ1) is 11.8. The molecule has 1 aromatic carbocycles. The standard InChI is InChI=1S/C10H9Cl3O/c1-6-4-3-5-8(7(6)2)9(14)10(11,12)13/h3-5H,1-2H3. The Morgan fingerprint density at radius 1 is 1.21 bits per heavy atom. The molecule has 0 bridgehead atoms. The van der Waals surface area contributed by atoms with Gasteiger partial charge in [-0.15, -0.1) is 0 Å². The van der Waals surface area contributed by atoms with Crippen LogP contribution >= 0.6 is 34.8 Å². The van der Waals surface area contributed by atoms with Crippen molar-refractivity contribution >= 4 is 40.6 Å². The van der Waals surface area contributed by atoms with Crippen LogP contribution in [0.4, 0.5) is 0 Å². The van der Waals surface area contributed by atoms with E-state index in [0.29, 0.717) is 5.56 Å². The van der Waals surface area contributed by atoms with Gasteiger partial charge < -0.3 is 0 Å². The normalized spacial score (nSPS) is 11.5. The number of hydrogen-bond donors (Lipinski definition) is 0. The Morgan fingerprint density at radius 2 is 1.79 bits per heavy atom. The van der Waals surface area contributed by atoms with E-state index in [4.69, 9.17) is 34.8 Å². The second-order valence-electron chi connectivity index (χ2n) is 3.07. The van der Waals surface area contributed by atoms with Gasteiger partial charge in [-0.05, 0) is 25.0 Å². The molecule has 14 heavy (non-hydrogen) atoms. The number of aryl methyl sites for hydroxylation is 1. The van der Waals surface area contributed by atoms with Crippen LogP contribution in [-0.2, 0) is 0 Å². The first-order valence-electron chi connectivity index (χ1n) is 4.02. The van der Waals surface area contributed by atoms with Gasteiger partial charge in [-0.2, -0.15) is 0 Å². The molecule has 0 aliphatic carbocycles. The fourth-order valence-corrected chi connectivity index (χ4v) is 1.46. The summed E-state index contributed by atoms with van der Waals surface area (Å²) in [6.45, 7) is 3.74. The monoisotopic (exact) mass is 250 g/mol. The number of carbonyl (C=O) groups excluding carboxylic acids is 1. The van der Waals surface area contributed by atoms with Crippen molar-refractivity contribution in [2.45, 2.75) is 17.6 Å². The van der Waals surface area contributed by atoms with E-state index in [1.54, 1.807) is 12.1 Å². The molecule has 0 fully saturated rings. The number of Topliss-reactive ketones (excluding diaryl/α,β-unsaturated/α-hetero) is 1. The largest absolute Gasteiger partial charge is 0.289 e. The van der Waals surface area contributed by atoms with Crippen molar-refractivity contribution in [3.05, 3.63) is 34.9 Å². The SMILES string of the molecule is Cc1cccc(C(=O)C(Cl)(Cl)Cl)c1C. The van der Waals surface area contributed by atoms with Crippen LogP contribution in [0.5, 0.6) is 0 Å². The van der Waals surface area contributed by atoms with Crippen LogP contribution in [0, 0.1) is 13.8 Å². The van der Waals surface area contributed by atoms with E-state index in [1.165, 1.54) is 0 Å². The zero-order chi connectivity index (χ0) is 10.9. The maximum absolute atomic E-state index is 11.6. The lowest BCUT2D eigenvalue weighted by Gasteiger charge is -2.12. The average Bonchev–Trinajstić information content (AvgIpc) is 2.07. The summed E-state index contributed by atoms with van der Waals surface area (Å²) in [7, 11) is 0. The van der Waals surface area contributed by atoms with E-state index >= 15 is 0 Å². The van der Waals surface area contributed by atoms with Gasteiger partial charge in [0.2, 0.25) is 5.78 Å². The quantitative estimate of drug-likeness (QED) is 0.547. The van der Waals surface area contributed by atoms with Crippen molar-refractivity contribution < 1.29 is 4.79 Å². The Bertz CT molecular complexity index is 366. The third-order valence-corrected chi connectivity index (χ3v) is 2.62. The predicted molar refractivity (Wildman–Crippen MR) is 60.5 cm³/mol. The zero-order valence-electron chi connectivity index (χ0n) is 7.77. The van der Waals surface area contributed by atoms with Crippen molar-refractivity contribution in [2.24, 2.45) is 0 Å². The number of rotatable bonds is 1. The van der Waals surface area contributed by atoms with Crippen LogP contribution in [-0.4, -0.2) is 9.58 Å². The van der Waals surface area contributed by atoms with E-state index in [9.17, 15) is 4.79 Å².